The predicted octanol–water partition coefficient (Wildman–Crippen LogP) is 8.28. The van der Waals surface area contributed by atoms with Crippen LogP contribution in [0.4, 0.5) is 0 Å². The summed E-state index contributed by atoms with van der Waals surface area (Å²) in [4.78, 5) is 25.2. The van der Waals surface area contributed by atoms with Crippen LogP contribution in [0, 0.1) is 0 Å². The van der Waals surface area contributed by atoms with Crippen molar-refractivity contribution in [2.45, 2.75) is 203 Å². The Labute approximate surface area is 289 Å². The molecule has 2 unspecified atom stereocenters. The zero-order chi connectivity index (χ0) is 34.2. The molecule has 0 aliphatic carbocycles. The van der Waals surface area contributed by atoms with Gasteiger partial charge in [-0.05, 0) is 64.2 Å². The van der Waals surface area contributed by atoms with Gasteiger partial charge >= 0.3 is 31.0 Å². The van der Waals surface area contributed by atoms with Crippen LogP contribution in [0.15, 0.2) is 24.3 Å². The minimum absolute atomic E-state index is 0.230. The number of carbonyl (C=O) groups excluding carboxylic acids is 2. The number of unbranched alkanes of at least 4 members (excludes halogenated alkanes) is 20. The van der Waals surface area contributed by atoms with Gasteiger partial charge < -0.3 is 30.0 Å². The predicted molar refractivity (Wildman–Crippen MR) is 189 cm³/mol. The van der Waals surface area contributed by atoms with Crippen molar-refractivity contribution in [3.05, 3.63) is 24.3 Å². The SMILES string of the molecule is CCCCCCCCC=CCCCCCCC(O)C(=O)[O-].CCCCCCCCC=CCCCCCCC(O)C(=O)[O-].[CH3][Sn+2][CH3]. The first kappa shape index (κ1) is 48.5. The van der Waals surface area contributed by atoms with Gasteiger partial charge in [-0.15, -0.1) is 0 Å². The summed E-state index contributed by atoms with van der Waals surface area (Å²) in [6.07, 6.45) is 36.0. The van der Waals surface area contributed by atoms with Crippen molar-refractivity contribution >= 4 is 33.1 Å². The van der Waals surface area contributed by atoms with Crippen molar-refractivity contribution < 1.29 is 30.0 Å². The fourth-order valence-corrected chi connectivity index (χ4v) is 4.70. The summed E-state index contributed by atoms with van der Waals surface area (Å²) in [7, 11) is 0. The van der Waals surface area contributed by atoms with Crippen LogP contribution in [0.3, 0.4) is 0 Å². The van der Waals surface area contributed by atoms with Crippen molar-refractivity contribution in [3.63, 3.8) is 0 Å². The Morgan fingerprint density at radius 2 is 0.711 bits per heavy atom. The summed E-state index contributed by atoms with van der Waals surface area (Å²) >= 11 is 0.230. The van der Waals surface area contributed by atoms with E-state index in [0.29, 0.717) is 12.8 Å². The number of hydrogen-bond acceptors (Lipinski definition) is 6. The maximum atomic E-state index is 10.3. The molecule has 6 nitrogen and oxygen atoms in total. The Kier molecular flexibility index (Phi) is 46.5. The Morgan fingerprint density at radius 1 is 0.489 bits per heavy atom. The number of carboxylic acids is 2. The molecular weight excluding hydrogens is 671 g/mol. The Bertz CT molecular complexity index is 598. The van der Waals surface area contributed by atoms with E-state index in [-0.39, 0.29) is 21.1 Å². The number of aliphatic hydroxyl groups excluding tert-OH is 2. The van der Waals surface area contributed by atoms with E-state index in [4.69, 9.17) is 10.2 Å². The molecule has 0 aromatic heterocycles. The van der Waals surface area contributed by atoms with E-state index in [1.165, 1.54) is 89.9 Å². The van der Waals surface area contributed by atoms with E-state index >= 15 is 0 Å². The summed E-state index contributed by atoms with van der Waals surface area (Å²) in [6, 6.07) is 0. The molecule has 0 bridgehead atoms. The summed E-state index contributed by atoms with van der Waals surface area (Å²) in [5, 5.41) is 38.7. The summed E-state index contributed by atoms with van der Waals surface area (Å²) < 4.78 is 0. The first-order valence-electron chi connectivity index (χ1n) is 18.4. The average molecular weight is 744 g/mol. The average Bonchev–Trinajstić information content (AvgIpc) is 3.01. The van der Waals surface area contributed by atoms with Crippen molar-refractivity contribution in [1.82, 2.24) is 0 Å². The van der Waals surface area contributed by atoms with Gasteiger partial charge in [-0.2, -0.15) is 0 Å². The molecule has 0 spiro atoms. The summed E-state index contributed by atoms with van der Waals surface area (Å²) in [5.74, 6) is -2.71. The van der Waals surface area contributed by atoms with E-state index < -0.39 is 24.1 Å². The monoisotopic (exact) mass is 744 g/mol. The minimum atomic E-state index is -1.35. The molecule has 45 heavy (non-hydrogen) atoms. The van der Waals surface area contributed by atoms with Crippen LogP contribution in [0.25, 0.3) is 0 Å². The van der Waals surface area contributed by atoms with Gasteiger partial charge in [0.05, 0.1) is 24.1 Å². The number of carbonyl (C=O) groups is 2. The maximum absolute atomic E-state index is 10.3. The molecule has 0 fully saturated rings. The standard InChI is InChI=1S/2C18H34O3.2CH3.Sn/c2*1-2-3-4-5-6-7-8-9-10-11-12-13-14-15-16-17(19)18(20)21;;;/h2*9-10,17,19H,2-8,11-16H2,1H3,(H,20,21);2*1H3;/q;;;;+2/p-2. The van der Waals surface area contributed by atoms with Gasteiger partial charge in [0.2, 0.25) is 0 Å². The first-order valence-corrected chi connectivity index (χ1v) is 24.1. The molecule has 0 saturated carbocycles. The van der Waals surface area contributed by atoms with Gasteiger partial charge in [0.15, 0.2) is 0 Å². The molecule has 0 aromatic rings. The Hall–Kier alpha value is -0.861. The zero-order valence-corrected chi connectivity index (χ0v) is 32.7. The van der Waals surface area contributed by atoms with Gasteiger partial charge in [0.1, 0.15) is 0 Å². The fourth-order valence-electron chi connectivity index (χ4n) is 4.70. The number of allylic oxidation sites excluding steroid dienone is 4. The Balaban J connectivity index is -0.000000720. The number of carboxylic acid groups (broad SMARTS) is 2. The Morgan fingerprint density at radius 3 is 0.956 bits per heavy atom. The van der Waals surface area contributed by atoms with Crippen LogP contribution in [-0.2, 0) is 9.59 Å². The molecule has 0 aliphatic heterocycles. The quantitative estimate of drug-likeness (QED) is 0.0434. The molecule has 0 amide bonds. The third-order valence-electron chi connectivity index (χ3n) is 7.52. The van der Waals surface area contributed by atoms with E-state index in [2.05, 4.69) is 48.0 Å². The molecule has 2 atom stereocenters. The third-order valence-corrected chi connectivity index (χ3v) is 7.52. The topological polar surface area (TPSA) is 121 Å². The first-order chi connectivity index (χ1) is 21.8. The molecule has 0 aliphatic rings. The van der Waals surface area contributed by atoms with E-state index in [1.54, 1.807) is 0 Å². The second-order valence-electron chi connectivity index (χ2n) is 12.2. The van der Waals surface area contributed by atoms with Crippen molar-refractivity contribution in [1.29, 1.82) is 0 Å². The molecule has 2 N–H and O–H groups in total. The van der Waals surface area contributed by atoms with Crippen LogP contribution < -0.4 is 10.2 Å². The van der Waals surface area contributed by atoms with Gasteiger partial charge in [-0.1, -0.05) is 141 Å². The normalized spacial score (nSPS) is 12.2. The number of hydrogen-bond donors (Lipinski definition) is 2. The second kappa shape index (κ2) is 43.1. The number of aliphatic carboxylic acids is 2. The molecule has 0 heterocycles. The molecule has 0 rings (SSSR count). The van der Waals surface area contributed by atoms with Crippen LogP contribution >= 0.6 is 0 Å². The van der Waals surface area contributed by atoms with E-state index in [1.807, 2.05) is 0 Å². The van der Waals surface area contributed by atoms with Crippen LogP contribution in [0.5, 0.6) is 0 Å². The van der Waals surface area contributed by atoms with Crippen LogP contribution in [0.1, 0.15) is 181 Å². The van der Waals surface area contributed by atoms with Crippen molar-refractivity contribution in [2.75, 3.05) is 0 Å². The van der Waals surface area contributed by atoms with Crippen molar-refractivity contribution in [3.8, 4) is 0 Å². The third kappa shape index (κ3) is 47.7. The molecule has 7 heteroatoms. The molecular formula is C38H72O6Sn. The summed E-state index contributed by atoms with van der Waals surface area (Å²) in [5.41, 5.74) is 0. The van der Waals surface area contributed by atoms with Gasteiger partial charge in [0, 0.05) is 0 Å². The van der Waals surface area contributed by atoms with Gasteiger partial charge in [-0.3, -0.25) is 0 Å². The fraction of sp³-hybridized carbons (Fsp3) is 0.842. The molecule has 0 saturated heterocycles. The number of rotatable bonds is 30. The van der Waals surface area contributed by atoms with Crippen LogP contribution in [-0.4, -0.2) is 55.5 Å². The van der Waals surface area contributed by atoms with E-state index in [9.17, 15) is 19.8 Å². The van der Waals surface area contributed by atoms with Gasteiger partial charge in [-0.25, -0.2) is 0 Å². The number of aliphatic hydroxyl groups is 2. The molecule has 0 aromatic carbocycles. The van der Waals surface area contributed by atoms with Crippen molar-refractivity contribution in [2.24, 2.45) is 0 Å². The van der Waals surface area contributed by atoms with Crippen LogP contribution in [0.2, 0.25) is 9.88 Å². The second-order valence-corrected chi connectivity index (χ2v) is 15.1. The van der Waals surface area contributed by atoms with E-state index in [0.717, 1.165) is 64.2 Å². The molecule has 264 valence electrons. The molecule has 0 radical (unpaired) electrons. The van der Waals surface area contributed by atoms with Gasteiger partial charge in [0.25, 0.3) is 0 Å². The zero-order valence-electron chi connectivity index (χ0n) is 29.9. The summed E-state index contributed by atoms with van der Waals surface area (Å²) in [6.45, 7) is 4.49.